The van der Waals surface area contributed by atoms with Gasteiger partial charge in [-0.15, -0.1) is 11.6 Å². The van der Waals surface area contributed by atoms with Gasteiger partial charge < -0.3 is 9.30 Å². The molecule has 0 saturated carbocycles. The van der Waals surface area contributed by atoms with Crippen molar-refractivity contribution in [1.82, 2.24) is 9.55 Å². The highest BCUT2D eigenvalue weighted by molar-refractivity contribution is 6.35. The molecule has 1 heterocycles. The number of benzene rings is 1. The van der Waals surface area contributed by atoms with E-state index < -0.39 is 0 Å². The fourth-order valence-electron chi connectivity index (χ4n) is 2.30. The molecule has 0 radical (unpaired) electrons. The first-order valence-electron chi connectivity index (χ1n) is 5.72. The van der Waals surface area contributed by atoms with E-state index >= 15 is 0 Å². The molecule has 3 nitrogen and oxygen atoms in total. The Bertz CT molecular complexity index is 563. The minimum Gasteiger partial charge on any atom is -0.382 e. The van der Waals surface area contributed by atoms with E-state index in [1.165, 1.54) is 0 Å². The van der Waals surface area contributed by atoms with Crippen molar-refractivity contribution in [3.05, 3.63) is 29.0 Å². The Morgan fingerprint density at radius 1 is 1.39 bits per heavy atom. The molecule has 18 heavy (non-hydrogen) atoms. The predicted molar refractivity (Wildman–Crippen MR) is 75.5 cm³/mol. The van der Waals surface area contributed by atoms with Crippen LogP contribution in [0.5, 0.6) is 0 Å². The number of methoxy groups -OCH3 is 1. The van der Waals surface area contributed by atoms with E-state index in [0.717, 1.165) is 16.9 Å². The quantitative estimate of drug-likeness (QED) is 0.799. The second kappa shape index (κ2) is 5.08. The molecule has 5 heteroatoms. The number of imidazole rings is 1. The molecule has 0 spiro atoms. The van der Waals surface area contributed by atoms with Crippen LogP contribution in [0.15, 0.2) is 18.2 Å². The van der Waals surface area contributed by atoms with Crippen molar-refractivity contribution < 1.29 is 4.74 Å². The maximum absolute atomic E-state index is 6.18. The Morgan fingerprint density at radius 2 is 2.11 bits per heavy atom. The van der Waals surface area contributed by atoms with Gasteiger partial charge in [-0.1, -0.05) is 17.7 Å². The van der Waals surface area contributed by atoms with Crippen LogP contribution in [0.1, 0.15) is 19.7 Å². The molecule has 1 aromatic heterocycles. The lowest BCUT2D eigenvalue weighted by molar-refractivity contribution is 0.110. The van der Waals surface area contributed by atoms with Crippen LogP contribution in [0.2, 0.25) is 5.02 Å². The number of rotatable bonds is 4. The minimum atomic E-state index is -0.224. The van der Waals surface area contributed by atoms with Gasteiger partial charge in [0.2, 0.25) is 0 Å². The highest BCUT2D eigenvalue weighted by Gasteiger charge is 2.26. The van der Waals surface area contributed by atoms with E-state index in [0.29, 0.717) is 17.5 Å². The summed E-state index contributed by atoms with van der Waals surface area (Å²) in [5, 5.41) is 0.644. The zero-order valence-corrected chi connectivity index (χ0v) is 12.2. The van der Waals surface area contributed by atoms with Crippen molar-refractivity contribution in [3.8, 4) is 0 Å². The van der Waals surface area contributed by atoms with E-state index in [4.69, 9.17) is 27.9 Å². The van der Waals surface area contributed by atoms with Gasteiger partial charge >= 0.3 is 0 Å². The lowest BCUT2D eigenvalue weighted by Gasteiger charge is -2.28. The summed E-state index contributed by atoms with van der Waals surface area (Å²) in [6.45, 7) is 4.76. The first-order chi connectivity index (χ1) is 8.51. The lowest BCUT2D eigenvalue weighted by atomic mass is 10.1. The summed E-state index contributed by atoms with van der Waals surface area (Å²) in [7, 11) is 1.69. The van der Waals surface area contributed by atoms with E-state index in [2.05, 4.69) is 23.4 Å². The molecule has 0 N–H and O–H groups in total. The SMILES string of the molecule is COCC(C)(C)n1c(CCl)nc2c(Cl)cccc21. The summed E-state index contributed by atoms with van der Waals surface area (Å²) >= 11 is 12.2. The standard InChI is InChI=1S/C13H16Cl2N2O/c1-13(2,8-18-3)17-10-6-4-5-9(15)12(10)16-11(17)7-14/h4-6H,7-8H2,1-3H3. The number of alkyl halides is 1. The van der Waals surface area contributed by atoms with Crippen molar-refractivity contribution >= 4 is 34.2 Å². The number of ether oxygens (including phenoxy) is 1. The summed E-state index contributed by atoms with van der Waals surface area (Å²) in [6.07, 6.45) is 0. The zero-order valence-electron chi connectivity index (χ0n) is 10.7. The number of nitrogens with zero attached hydrogens (tertiary/aromatic N) is 2. The molecule has 0 fully saturated rings. The molecule has 0 atom stereocenters. The molecular weight excluding hydrogens is 271 g/mol. The molecule has 0 saturated heterocycles. The van der Waals surface area contributed by atoms with Crippen LogP contribution in [-0.2, 0) is 16.2 Å². The molecule has 0 bridgehead atoms. The lowest BCUT2D eigenvalue weighted by Crippen LogP contribution is -2.32. The van der Waals surface area contributed by atoms with Gasteiger partial charge in [-0.25, -0.2) is 4.98 Å². The van der Waals surface area contributed by atoms with Crippen molar-refractivity contribution in [2.24, 2.45) is 0 Å². The van der Waals surface area contributed by atoms with Crippen molar-refractivity contribution in [2.75, 3.05) is 13.7 Å². The summed E-state index contributed by atoms with van der Waals surface area (Å²) in [5.41, 5.74) is 1.55. The third-order valence-electron chi connectivity index (χ3n) is 2.93. The maximum atomic E-state index is 6.18. The molecular formula is C13H16Cl2N2O. The van der Waals surface area contributed by atoms with Crippen LogP contribution < -0.4 is 0 Å². The highest BCUT2D eigenvalue weighted by Crippen LogP contribution is 2.30. The third kappa shape index (κ3) is 2.22. The van der Waals surface area contributed by atoms with Gasteiger partial charge in [0.25, 0.3) is 0 Å². The smallest absolute Gasteiger partial charge is 0.125 e. The Kier molecular flexibility index (Phi) is 3.85. The molecule has 0 aliphatic carbocycles. The summed E-state index contributed by atoms with van der Waals surface area (Å²) in [6, 6.07) is 5.76. The first kappa shape index (κ1) is 13.7. The Morgan fingerprint density at radius 3 is 2.72 bits per heavy atom. The van der Waals surface area contributed by atoms with Crippen molar-refractivity contribution in [2.45, 2.75) is 25.3 Å². The third-order valence-corrected chi connectivity index (χ3v) is 3.47. The minimum absolute atomic E-state index is 0.224. The maximum Gasteiger partial charge on any atom is 0.125 e. The van der Waals surface area contributed by atoms with Crippen LogP contribution in [0.25, 0.3) is 11.0 Å². The summed E-state index contributed by atoms with van der Waals surface area (Å²) in [4.78, 5) is 4.52. The van der Waals surface area contributed by atoms with Gasteiger partial charge in [-0.05, 0) is 26.0 Å². The van der Waals surface area contributed by atoms with Gasteiger partial charge in [0.15, 0.2) is 0 Å². The van der Waals surface area contributed by atoms with E-state index in [-0.39, 0.29) is 5.54 Å². The van der Waals surface area contributed by atoms with Crippen LogP contribution in [0, 0.1) is 0 Å². The molecule has 2 rings (SSSR count). The van der Waals surface area contributed by atoms with Crippen LogP contribution in [0.4, 0.5) is 0 Å². The summed E-state index contributed by atoms with van der Waals surface area (Å²) in [5.74, 6) is 1.15. The average Bonchev–Trinajstić information content (AvgIpc) is 2.69. The molecule has 0 unspecified atom stereocenters. The topological polar surface area (TPSA) is 27.1 Å². The van der Waals surface area contributed by atoms with Gasteiger partial charge in [0, 0.05) is 7.11 Å². The second-order valence-electron chi connectivity index (χ2n) is 4.85. The van der Waals surface area contributed by atoms with Gasteiger partial charge in [-0.2, -0.15) is 0 Å². The second-order valence-corrected chi connectivity index (χ2v) is 5.52. The highest BCUT2D eigenvalue weighted by atomic mass is 35.5. The number of fused-ring (bicyclic) bond motifs is 1. The van der Waals surface area contributed by atoms with Crippen molar-refractivity contribution in [1.29, 1.82) is 0 Å². The largest absolute Gasteiger partial charge is 0.382 e. The molecule has 0 aliphatic heterocycles. The van der Waals surface area contributed by atoms with Gasteiger partial charge in [0.1, 0.15) is 11.3 Å². The van der Waals surface area contributed by atoms with E-state index in [1.54, 1.807) is 7.11 Å². The van der Waals surface area contributed by atoms with E-state index in [1.807, 2.05) is 18.2 Å². The van der Waals surface area contributed by atoms with Crippen molar-refractivity contribution in [3.63, 3.8) is 0 Å². The normalized spacial score (nSPS) is 12.3. The number of aromatic nitrogens is 2. The first-order valence-corrected chi connectivity index (χ1v) is 6.63. The Balaban J connectivity index is 2.71. The van der Waals surface area contributed by atoms with Crippen LogP contribution in [0.3, 0.4) is 0 Å². The zero-order chi connectivity index (χ0) is 13.3. The number of hydrogen-bond donors (Lipinski definition) is 0. The number of halogens is 2. The Hall–Kier alpha value is -0.770. The summed E-state index contributed by atoms with van der Waals surface area (Å²) < 4.78 is 7.39. The molecule has 1 aromatic carbocycles. The molecule has 98 valence electrons. The number of para-hydroxylation sites is 1. The van der Waals surface area contributed by atoms with Crippen LogP contribution in [-0.4, -0.2) is 23.3 Å². The van der Waals surface area contributed by atoms with Gasteiger partial charge in [0.05, 0.1) is 28.6 Å². The average molecular weight is 287 g/mol. The fraction of sp³-hybridized carbons (Fsp3) is 0.462. The van der Waals surface area contributed by atoms with E-state index in [9.17, 15) is 0 Å². The molecule has 0 amide bonds. The number of hydrogen-bond acceptors (Lipinski definition) is 2. The monoisotopic (exact) mass is 286 g/mol. The van der Waals surface area contributed by atoms with Crippen LogP contribution >= 0.6 is 23.2 Å². The Labute approximate surface area is 117 Å². The predicted octanol–water partition coefficient (Wildman–Crippen LogP) is 3.81. The fourth-order valence-corrected chi connectivity index (χ4v) is 2.69. The molecule has 2 aromatic rings. The molecule has 0 aliphatic rings. The van der Waals surface area contributed by atoms with Gasteiger partial charge in [-0.3, -0.25) is 0 Å².